The van der Waals surface area contributed by atoms with Crippen LogP contribution in [0.3, 0.4) is 0 Å². The van der Waals surface area contributed by atoms with Crippen LogP contribution in [0.2, 0.25) is 0 Å². The predicted molar refractivity (Wildman–Crippen MR) is 82.0 cm³/mol. The second-order valence-corrected chi connectivity index (χ2v) is 6.62. The van der Waals surface area contributed by atoms with Gasteiger partial charge in [-0.3, -0.25) is 4.57 Å². The van der Waals surface area contributed by atoms with Crippen molar-refractivity contribution < 1.29 is 13.9 Å². The van der Waals surface area contributed by atoms with Crippen LogP contribution in [0.4, 0.5) is 4.39 Å². The summed E-state index contributed by atoms with van der Waals surface area (Å²) in [6.07, 6.45) is 1.45. The summed E-state index contributed by atoms with van der Waals surface area (Å²) in [6, 6.07) is 7.32. The van der Waals surface area contributed by atoms with E-state index in [1.54, 1.807) is 22.9 Å². The molecule has 120 valence electrons. The van der Waals surface area contributed by atoms with E-state index in [0.717, 1.165) is 0 Å². The molecule has 1 aromatic heterocycles. The third kappa shape index (κ3) is 3.14. The standard InChI is InChI=1S/C17H18FN3O2/c1-17(2,3)14-5-4-12(6-15(14)18)22-10-13-9-21-8-11(7-19)20-16(21)23-13/h4-6,8,13H,9-10H2,1-3H3/t13-/m0/s1. The lowest BCUT2D eigenvalue weighted by Crippen LogP contribution is -2.23. The van der Waals surface area contributed by atoms with Gasteiger partial charge in [0.05, 0.1) is 6.54 Å². The highest BCUT2D eigenvalue weighted by Gasteiger charge is 2.26. The Balaban J connectivity index is 1.61. The molecule has 1 aliphatic rings. The summed E-state index contributed by atoms with van der Waals surface area (Å²) < 4.78 is 27.1. The van der Waals surface area contributed by atoms with Crippen molar-refractivity contribution in [2.45, 2.75) is 38.8 Å². The zero-order valence-electron chi connectivity index (χ0n) is 13.3. The van der Waals surface area contributed by atoms with E-state index in [0.29, 0.717) is 36.2 Å². The van der Waals surface area contributed by atoms with Gasteiger partial charge in [0.2, 0.25) is 0 Å². The third-order valence-electron chi connectivity index (χ3n) is 3.71. The zero-order valence-corrected chi connectivity index (χ0v) is 13.3. The first-order chi connectivity index (χ1) is 10.9. The Kier molecular flexibility index (Phi) is 3.72. The molecule has 2 aromatic rings. The number of hydrogen-bond acceptors (Lipinski definition) is 4. The van der Waals surface area contributed by atoms with Crippen LogP contribution in [0.25, 0.3) is 0 Å². The Morgan fingerprint density at radius 1 is 1.48 bits per heavy atom. The van der Waals surface area contributed by atoms with E-state index in [1.165, 1.54) is 6.07 Å². The van der Waals surface area contributed by atoms with Crippen LogP contribution in [0.1, 0.15) is 32.0 Å². The molecule has 0 radical (unpaired) electrons. The molecular weight excluding hydrogens is 297 g/mol. The molecule has 1 aliphatic heterocycles. The maximum absolute atomic E-state index is 14.1. The van der Waals surface area contributed by atoms with Gasteiger partial charge in [-0.25, -0.2) is 4.39 Å². The zero-order chi connectivity index (χ0) is 16.6. The Morgan fingerprint density at radius 2 is 2.26 bits per heavy atom. The SMILES string of the molecule is CC(C)(C)c1ccc(OC[C@@H]2Cn3cc(C#N)nc3O2)cc1F. The minimum atomic E-state index is -0.270. The molecule has 1 atom stereocenters. The Morgan fingerprint density at radius 3 is 2.87 bits per heavy atom. The predicted octanol–water partition coefficient (Wildman–Crippen LogP) is 3.03. The molecule has 0 saturated carbocycles. The molecule has 0 saturated heterocycles. The van der Waals surface area contributed by atoms with Crippen molar-refractivity contribution in [3.05, 3.63) is 41.5 Å². The minimum Gasteiger partial charge on any atom is -0.490 e. The van der Waals surface area contributed by atoms with E-state index in [4.69, 9.17) is 14.7 Å². The quantitative estimate of drug-likeness (QED) is 0.873. The number of rotatable bonds is 3. The normalized spacial score (nSPS) is 16.6. The van der Waals surface area contributed by atoms with Gasteiger partial charge in [-0.15, -0.1) is 0 Å². The van der Waals surface area contributed by atoms with Crippen LogP contribution in [0, 0.1) is 17.1 Å². The van der Waals surface area contributed by atoms with Gasteiger partial charge in [-0.2, -0.15) is 10.2 Å². The fourth-order valence-electron chi connectivity index (χ4n) is 2.55. The second-order valence-electron chi connectivity index (χ2n) is 6.62. The number of aromatic nitrogens is 2. The molecule has 0 fully saturated rings. The topological polar surface area (TPSA) is 60.1 Å². The van der Waals surface area contributed by atoms with E-state index < -0.39 is 0 Å². The van der Waals surface area contributed by atoms with Crippen LogP contribution in [-0.2, 0) is 12.0 Å². The molecule has 23 heavy (non-hydrogen) atoms. The molecule has 0 amide bonds. The largest absolute Gasteiger partial charge is 0.490 e. The molecule has 0 aliphatic carbocycles. The number of benzene rings is 1. The van der Waals surface area contributed by atoms with E-state index >= 15 is 0 Å². The highest BCUT2D eigenvalue weighted by Crippen LogP contribution is 2.28. The van der Waals surface area contributed by atoms with Gasteiger partial charge in [0.15, 0.2) is 11.8 Å². The number of fused-ring (bicyclic) bond motifs is 1. The number of hydrogen-bond donors (Lipinski definition) is 0. The summed E-state index contributed by atoms with van der Waals surface area (Å²) in [5.41, 5.74) is 0.746. The van der Waals surface area contributed by atoms with Gasteiger partial charge in [0, 0.05) is 12.3 Å². The first-order valence-corrected chi connectivity index (χ1v) is 7.43. The lowest BCUT2D eigenvalue weighted by atomic mass is 9.87. The van der Waals surface area contributed by atoms with Crippen molar-refractivity contribution >= 4 is 0 Å². The van der Waals surface area contributed by atoms with Gasteiger partial charge in [-0.05, 0) is 17.0 Å². The summed E-state index contributed by atoms with van der Waals surface area (Å²) in [5, 5.41) is 8.78. The summed E-state index contributed by atoms with van der Waals surface area (Å²) in [7, 11) is 0. The molecule has 3 rings (SSSR count). The summed E-state index contributed by atoms with van der Waals surface area (Å²) >= 11 is 0. The van der Waals surface area contributed by atoms with Crippen LogP contribution in [0.15, 0.2) is 24.4 Å². The number of nitriles is 1. The van der Waals surface area contributed by atoms with E-state index in [-0.39, 0.29) is 17.3 Å². The second kappa shape index (κ2) is 5.58. The number of imidazole rings is 1. The highest BCUT2D eigenvalue weighted by molar-refractivity contribution is 5.33. The smallest absolute Gasteiger partial charge is 0.298 e. The first kappa shape index (κ1) is 15.3. The minimum absolute atomic E-state index is 0.199. The van der Waals surface area contributed by atoms with Gasteiger partial charge >= 0.3 is 0 Å². The van der Waals surface area contributed by atoms with E-state index in [9.17, 15) is 4.39 Å². The Bertz CT molecular complexity index is 748. The molecule has 2 heterocycles. The van der Waals surface area contributed by atoms with Gasteiger partial charge in [-0.1, -0.05) is 26.8 Å². The lowest BCUT2D eigenvalue weighted by Gasteiger charge is -2.20. The fourth-order valence-corrected chi connectivity index (χ4v) is 2.55. The molecule has 0 unspecified atom stereocenters. The van der Waals surface area contributed by atoms with Crippen molar-refractivity contribution in [3.63, 3.8) is 0 Å². The summed E-state index contributed by atoms with van der Waals surface area (Å²) in [5.74, 6) is 0.204. The maximum atomic E-state index is 14.1. The monoisotopic (exact) mass is 315 g/mol. The molecule has 1 aromatic carbocycles. The fraction of sp³-hybridized carbons (Fsp3) is 0.412. The summed E-state index contributed by atoms with van der Waals surface area (Å²) in [4.78, 5) is 4.03. The van der Waals surface area contributed by atoms with Crippen LogP contribution in [-0.4, -0.2) is 22.3 Å². The van der Waals surface area contributed by atoms with Crippen LogP contribution in [0.5, 0.6) is 11.8 Å². The van der Waals surface area contributed by atoms with Crippen molar-refractivity contribution in [2.24, 2.45) is 0 Å². The Hall–Kier alpha value is -2.55. The van der Waals surface area contributed by atoms with Crippen molar-refractivity contribution in [1.29, 1.82) is 5.26 Å². The van der Waals surface area contributed by atoms with Crippen molar-refractivity contribution in [2.75, 3.05) is 6.61 Å². The van der Waals surface area contributed by atoms with Crippen LogP contribution >= 0.6 is 0 Å². The number of halogens is 1. The van der Waals surface area contributed by atoms with Gasteiger partial charge < -0.3 is 9.47 Å². The number of ether oxygens (including phenoxy) is 2. The molecule has 5 nitrogen and oxygen atoms in total. The lowest BCUT2D eigenvalue weighted by molar-refractivity contribution is 0.143. The molecule has 0 bridgehead atoms. The van der Waals surface area contributed by atoms with Gasteiger partial charge in [0.1, 0.15) is 24.2 Å². The average Bonchev–Trinajstić information content (AvgIpc) is 3.01. The van der Waals surface area contributed by atoms with E-state index in [1.807, 2.05) is 26.8 Å². The Labute approximate surface area is 134 Å². The summed E-state index contributed by atoms with van der Waals surface area (Å²) in [6.45, 7) is 6.76. The molecule has 6 heteroatoms. The van der Waals surface area contributed by atoms with Gasteiger partial charge in [0.25, 0.3) is 6.01 Å². The maximum Gasteiger partial charge on any atom is 0.298 e. The van der Waals surface area contributed by atoms with E-state index in [2.05, 4.69) is 4.98 Å². The van der Waals surface area contributed by atoms with Crippen molar-refractivity contribution in [1.82, 2.24) is 9.55 Å². The molecular formula is C17H18FN3O2. The molecule has 0 N–H and O–H groups in total. The first-order valence-electron chi connectivity index (χ1n) is 7.43. The van der Waals surface area contributed by atoms with Crippen molar-refractivity contribution in [3.8, 4) is 17.8 Å². The third-order valence-corrected chi connectivity index (χ3v) is 3.71. The number of nitrogens with zero attached hydrogens (tertiary/aromatic N) is 3. The van der Waals surface area contributed by atoms with Crippen LogP contribution < -0.4 is 9.47 Å². The highest BCUT2D eigenvalue weighted by atomic mass is 19.1. The molecule has 0 spiro atoms. The average molecular weight is 315 g/mol.